The number of carboxylic acid groups (broad SMARTS) is 1. The van der Waals surface area contributed by atoms with E-state index in [1.807, 2.05) is 44.2 Å². The molecule has 1 aromatic carbocycles. The number of fused-ring (bicyclic) bond motifs is 1. The molecule has 36 heavy (non-hydrogen) atoms. The number of rotatable bonds is 12. The summed E-state index contributed by atoms with van der Waals surface area (Å²) < 4.78 is 5.96. The molecule has 0 radical (unpaired) electrons. The van der Waals surface area contributed by atoms with Crippen LogP contribution in [0, 0.1) is 11.8 Å². The molecule has 1 aliphatic carbocycles. The number of carbonyl (C=O) groups excluding carboxylic acids is 1. The average Bonchev–Trinajstić information content (AvgIpc) is 2.86. The maximum atomic E-state index is 12.8. The van der Waals surface area contributed by atoms with Crippen molar-refractivity contribution < 1.29 is 19.4 Å². The molecule has 2 heterocycles. The van der Waals surface area contributed by atoms with E-state index < -0.39 is 17.3 Å². The highest BCUT2D eigenvalue weighted by Gasteiger charge is 2.32. The third-order valence-corrected chi connectivity index (χ3v) is 7.69. The monoisotopic (exact) mass is 493 g/mol. The van der Waals surface area contributed by atoms with Gasteiger partial charge in [0.25, 0.3) is 0 Å². The van der Waals surface area contributed by atoms with Crippen LogP contribution in [0.5, 0.6) is 0 Å². The zero-order valence-electron chi connectivity index (χ0n) is 21.5. The van der Waals surface area contributed by atoms with E-state index in [2.05, 4.69) is 22.8 Å². The molecule has 3 N–H and O–H groups in total. The van der Waals surface area contributed by atoms with Gasteiger partial charge >= 0.3 is 5.97 Å². The van der Waals surface area contributed by atoms with E-state index in [0.717, 1.165) is 55.7 Å². The van der Waals surface area contributed by atoms with E-state index in [9.17, 15) is 14.7 Å². The molecular formula is C29H39N3O4. The molecule has 1 aliphatic heterocycles. The number of pyridine rings is 1. The first-order valence-electron chi connectivity index (χ1n) is 13.2. The number of nitrogens with zero attached hydrogens (tertiary/aromatic N) is 1. The fourth-order valence-electron chi connectivity index (χ4n) is 5.02. The maximum absolute atomic E-state index is 12.8. The van der Waals surface area contributed by atoms with Gasteiger partial charge in [0, 0.05) is 25.4 Å². The number of ether oxygens (including phenoxy) is 1. The molecule has 0 saturated heterocycles. The van der Waals surface area contributed by atoms with Crippen molar-refractivity contribution in [3.63, 3.8) is 0 Å². The molecule has 1 atom stereocenters. The summed E-state index contributed by atoms with van der Waals surface area (Å²) in [5.41, 5.74) is 2.64. The van der Waals surface area contributed by atoms with Gasteiger partial charge in [-0.3, -0.25) is 9.59 Å². The standard InChI is InChI=1S/C29H39N3O4/c1-29(2,23-8-4-3-5-9-23)28(35)31-19-22(27(33)34)14-16-36-25-17-20(18-25)10-12-24-13-11-21-7-6-15-30-26(21)32-24/h3-5,8-9,11,13,20,22,25H,6-7,10,12,14-19H2,1-2H3,(H,30,32)(H,31,35)(H,33,34)/t20-,22?,25-. The number of amides is 1. The van der Waals surface area contributed by atoms with Gasteiger partial charge in [-0.25, -0.2) is 4.98 Å². The van der Waals surface area contributed by atoms with Crippen molar-refractivity contribution in [2.24, 2.45) is 11.8 Å². The number of carboxylic acids is 1. The molecule has 4 rings (SSSR count). The smallest absolute Gasteiger partial charge is 0.308 e. The minimum atomic E-state index is -0.907. The van der Waals surface area contributed by atoms with Crippen molar-refractivity contribution in [2.45, 2.75) is 70.3 Å². The first-order chi connectivity index (χ1) is 17.3. The zero-order chi connectivity index (χ0) is 25.5. The van der Waals surface area contributed by atoms with Crippen molar-refractivity contribution in [3.05, 3.63) is 59.3 Å². The van der Waals surface area contributed by atoms with Crippen LogP contribution in [0.4, 0.5) is 5.82 Å². The maximum Gasteiger partial charge on any atom is 0.308 e. The van der Waals surface area contributed by atoms with Gasteiger partial charge in [-0.2, -0.15) is 0 Å². The van der Waals surface area contributed by atoms with Crippen LogP contribution in [0.15, 0.2) is 42.5 Å². The van der Waals surface area contributed by atoms with Crippen LogP contribution in [0.2, 0.25) is 0 Å². The highest BCUT2D eigenvalue weighted by atomic mass is 16.5. The fraction of sp³-hybridized carbons (Fsp3) is 0.552. The lowest BCUT2D eigenvalue weighted by Crippen LogP contribution is -2.43. The van der Waals surface area contributed by atoms with Crippen molar-refractivity contribution in [1.29, 1.82) is 0 Å². The van der Waals surface area contributed by atoms with Crippen LogP contribution in [-0.4, -0.2) is 47.8 Å². The Hall–Kier alpha value is -2.93. The molecule has 1 amide bonds. The Bertz CT molecular complexity index is 1030. The number of aliphatic carboxylic acids is 1. The number of benzene rings is 1. The van der Waals surface area contributed by atoms with Gasteiger partial charge in [-0.1, -0.05) is 36.4 Å². The summed E-state index contributed by atoms with van der Waals surface area (Å²) in [6, 6.07) is 13.9. The lowest BCUT2D eigenvalue weighted by molar-refractivity contribution is -0.143. The van der Waals surface area contributed by atoms with Crippen LogP contribution in [0.3, 0.4) is 0 Å². The highest BCUT2D eigenvalue weighted by Crippen LogP contribution is 2.34. The topological polar surface area (TPSA) is 101 Å². The minimum absolute atomic E-state index is 0.101. The molecule has 7 heteroatoms. The summed E-state index contributed by atoms with van der Waals surface area (Å²) in [4.78, 5) is 29.3. The number of aromatic nitrogens is 1. The molecule has 194 valence electrons. The third kappa shape index (κ3) is 6.64. The Labute approximate surface area is 214 Å². The Morgan fingerprint density at radius 3 is 2.72 bits per heavy atom. The predicted molar refractivity (Wildman–Crippen MR) is 140 cm³/mol. The number of hydrogen-bond donors (Lipinski definition) is 3. The quantitative estimate of drug-likeness (QED) is 0.406. The van der Waals surface area contributed by atoms with Gasteiger partial charge < -0.3 is 20.5 Å². The molecule has 0 bridgehead atoms. The second-order valence-corrected chi connectivity index (χ2v) is 10.7. The van der Waals surface area contributed by atoms with Gasteiger partial charge in [0.15, 0.2) is 0 Å². The number of nitrogens with one attached hydrogen (secondary N) is 2. The zero-order valence-corrected chi connectivity index (χ0v) is 21.5. The normalized spacial score (nSPS) is 19.9. The molecule has 2 aliphatic rings. The Morgan fingerprint density at radius 2 is 1.97 bits per heavy atom. The van der Waals surface area contributed by atoms with Gasteiger partial charge in [0.05, 0.1) is 17.4 Å². The molecule has 1 aromatic heterocycles. The van der Waals surface area contributed by atoms with Crippen molar-refractivity contribution in [2.75, 3.05) is 25.0 Å². The van der Waals surface area contributed by atoms with E-state index in [1.54, 1.807) is 0 Å². The van der Waals surface area contributed by atoms with Crippen molar-refractivity contribution in [3.8, 4) is 0 Å². The Kier molecular flexibility index (Phi) is 8.62. The largest absolute Gasteiger partial charge is 0.481 e. The molecule has 2 aromatic rings. The van der Waals surface area contributed by atoms with Crippen LogP contribution in [0.25, 0.3) is 0 Å². The van der Waals surface area contributed by atoms with Crippen LogP contribution >= 0.6 is 0 Å². The third-order valence-electron chi connectivity index (χ3n) is 7.69. The van der Waals surface area contributed by atoms with E-state index in [0.29, 0.717) is 18.9 Å². The van der Waals surface area contributed by atoms with Crippen LogP contribution in [0.1, 0.15) is 62.8 Å². The van der Waals surface area contributed by atoms with E-state index in [-0.39, 0.29) is 18.6 Å². The average molecular weight is 494 g/mol. The summed E-state index contributed by atoms with van der Waals surface area (Å²) in [5.74, 6) is -0.0566. The van der Waals surface area contributed by atoms with Gasteiger partial charge in [0.1, 0.15) is 5.82 Å². The SMILES string of the molecule is CC(C)(C(=O)NCC(CCO[C@H]1C[C@H](CCc2ccc3c(n2)NCCC3)C1)C(=O)O)c1ccccc1. The number of carbonyl (C=O) groups is 2. The second-order valence-electron chi connectivity index (χ2n) is 10.7. The fourth-order valence-corrected chi connectivity index (χ4v) is 5.02. The molecule has 1 fully saturated rings. The number of aryl methyl sites for hydroxylation is 2. The molecule has 1 unspecified atom stereocenters. The molecular weight excluding hydrogens is 454 g/mol. The molecule has 1 saturated carbocycles. The Balaban J connectivity index is 1.13. The first kappa shape index (κ1) is 26.1. The summed E-state index contributed by atoms with van der Waals surface area (Å²) in [7, 11) is 0. The number of hydrogen-bond acceptors (Lipinski definition) is 5. The number of anilines is 1. The van der Waals surface area contributed by atoms with Crippen molar-refractivity contribution >= 4 is 17.7 Å². The minimum Gasteiger partial charge on any atom is -0.481 e. The second kappa shape index (κ2) is 11.9. The van der Waals surface area contributed by atoms with Crippen molar-refractivity contribution in [1.82, 2.24) is 10.3 Å². The molecule has 0 spiro atoms. The highest BCUT2D eigenvalue weighted by molar-refractivity contribution is 5.87. The Morgan fingerprint density at radius 1 is 1.19 bits per heavy atom. The van der Waals surface area contributed by atoms with Crippen LogP contribution in [-0.2, 0) is 32.6 Å². The van der Waals surface area contributed by atoms with Gasteiger partial charge in [-0.15, -0.1) is 0 Å². The van der Waals surface area contributed by atoms with E-state index in [4.69, 9.17) is 9.72 Å². The lowest BCUT2D eigenvalue weighted by atomic mass is 9.79. The van der Waals surface area contributed by atoms with Gasteiger partial charge in [0.2, 0.25) is 5.91 Å². The van der Waals surface area contributed by atoms with Crippen LogP contribution < -0.4 is 10.6 Å². The first-order valence-corrected chi connectivity index (χ1v) is 13.2. The van der Waals surface area contributed by atoms with Gasteiger partial charge in [-0.05, 0) is 81.9 Å². The molecule has 7 nitrogen and oxygen atoms in total. The summed E-state index contributed by atoms with van der Waals surface area (Å²) in [6.07, 6.45) is 6.98. The van der Waals surface area contributed by atoms with E-state index in [1.165, 1.54) is 12.0 Å². The summed E-state index contributed by atoms with van der Waals surface area (Å²) >= 11 is 0. The van der Waals surface area contributed by atoms with E-state index >= 15 is 0 Å². The lowest BCUT2D eigenvalue weighted by Gasteiger charge is -2.35. The summed E-state index contributed by atoms with van der Waals surface area (Å²) in [6.45, 7) is 5.20. The summed E-state index contributed by atoms with van der Waals surface area (Å²) in [5, 5.41) is 15.9. The predicted octanol–water partition coefficient (Wildman–Crippen LogP) is 4.35.